The van der Waals surface area contributed by atoms with Crippen molar-refractivity contribution in [1.82, 2.24) is 10.2 Å². The van der Waals surface area contributed by atoms with Gasteiger partial charge in [-0.3, -0.25) is 13.5 Å². The Morgan fingerprint density at radius 2 is 1.59 bits per heavy atom. The van der Waals surface area contributed by atoms with Gasteiger partial charge >= 0.3 is 0 Å². The van der Waals surface area contributed by atoms with Crippen LogP contribution in [0.2, 0.25) is 0 Å². The molecule has 0 amide bonds. The van der Waals surface area contributed by atoms with Gasteiger partial charge in [0, 0.05) is 38.3 Å². The first kappa shape index (κ1) is 18.5. The molecule has 2 aromatic carbocycles. The van der Waals surface area contributed by atoms with Crippen LogP contribution in [0.4, 0.5) is 25.8 Å². The maximum Gasteiger partial charge on any atom is 0.149 e. The smallest absolute Gasteiger partial charge is 0.149 e. The van der Waals surface area contributed by atoms with Crippen molar-refractivity contribution in [1.29, 1.82) is 0 Å². The van der Waals surface area contributed by atoms with Crippen molar-refractivity contribution < 1.29 is 8.78 Å². The second-order valence-corrected chi connectivity index (χ2v) is 8.23. The van der Waals surface area contributed by atoms with Gasteiger partial charge in [-0.05, 0) is 38.1 Å². The molecule has 1 saturated heterocycles. The summed E-state index contributed by atoms with van der Waals surface area (Å²) < 4.78 is 32.7. The average Bonchev–Trinajstić information content (AvgIpc) is 2.99. The molecule has 2 aromatic rings. The fourth-order valence-electron chi connectivity index (χ4n) is 3.89. The number of nitrogens with one attached hydrogen (secondary N) is 1. The third-order valence-corrected chi connectivity index (χ3v) is 6.06. The minimum Gasteiger partial charge on any atom is -0.309 e. The largest absolute Gasteiger partial charge is 0.309 e. The van der Waals surface area contributed by atoms with Crippen molar-refractivity contribution in [2.24, 2.45) is 0 Å². The third kappa shape index (κ3) is 3.77. The van der Waals surface area contributed by atoms with E-state index in [1.54, 1.807) is 28.6 Å². The van der Waals surface area contributed by atoms with Crippen molar-refractivity contribution in [3.05, 3.63) is 54.1 Å². The van der Waals surface area contributed by atoms with Crippen LogP contribution in [0.25, 0.3) is 0 Å². The van der Waals surface area contributed by atoms with Gasteiger partial charge in [-0.15, -0.1) is 0 Å². The van der Waals surface area contributed by atoms with E-state index in [2.05, 4.69) is 28.4 Å². The summed E-state index contributed by atoms with van der Waals surface area (Å²) in [5.41, 5.74) is 1.59. The standard InChI is InChI=1S/C20H24F2N4S/c1-14-12-24(13-15(2)23-14)10-11-25-19-9-5-7-17(22)20(19)26(27-25)18-8-4-3-6-16(18)21/h3-9,14-15,23H,10-13H2,1-2H3. The molecule has 0 saturated carbocycles. The molecule has 2 aliphatic rings. The number of rotatable bonds is 4. The molecular formula is C20H24F2N4S. The summed E-state index contributed by atoms with van der Waals surface area (Å²) in [6, 6.07) is 12.5. The first-order valence-electron chi connectivity index (χ1n) is 9.30. The first-order valence-corrected chi connectivity index (χ1v) is 10.0. The molecule has 4 rings (SSSR count). The molecule has 0 aliphatic carbocycles. The van der Waals surface area contributed by atoms with Crippen LogP contribution in [0.3, 0.4) is 0 Å². The maximum atomic E-state index is 14.6. The Balaban J connectivity index is 1.55. The number of fused-ring (bicyclic) bond motifs is 1. The van der Waals surface area contributed by atoms with Crippen LogP contribution in [-0.4, -0.2) is 43.2 Å². The van der Waals surface area contributed by atoms with Gasteiger partial charge in [-0.1, -0.05) is 18.2 Å². The van der Waals surface area contributed by atoms with Crippen LogP contribution in [0.1, 0.15) is 13.8 Å². The molecule has 2 atom stereocenters. The number of nitrogens with zero attached hydrogens (tertiary/aromatic N) is 3. The van der Waals surface area contributed by atoms with Crippen LogP contribution < -0.4 is 13.9 Å². The normalized spacial score (nSPS) is 23.0. The second kappa shape index (κ2) is 7.66. The minimum absolute atomic E-state index is 0.338. The van der Waals surface area contributed by atoms with E-state index in [4.69, 9.17) is 0 Å². The number of hydrogen-bond donors (Lipinski definition) is 1. The number of benzene rings is 2. The number of hydrogen-bond acceptors (Lipinski definition) is 5. The first-order chi connectivity index (χ1) is 13.0. The van der Waals surface area contributed by atoms with Gasteiger partial charge in [0.2, 0.25) is 0 Å². The second-order valence-electron chi connectivity index (χ2n) is 7.27. The molecule has 144 valence electrons. The summed E-state index contributed by atoms with van der Waals surface area (Å²) in [4.78, 5) is 2.43. The van der Waals surface area contributed by atoms with E-state index in [1.807, 2.05) is 6.07 Å². The van der Waals surface area contributed by atoms with Gasteiger partial charge < -0.3 is 5.32 Å². The maximum absolute atomic E-state index is 14.6. The highest BCUT2D eigenvalue weighted by Crippen LogP contribution is 2.50. The van der Waals surface area contributed by atoms with E-state index in [9.17, 15) is 8.78 Å². The van der Waals surface area contributed by atoms with E-state index in [1.165, 1.54) is 24.3 Å². The van der Waals surface area contributed by atoms with Crippen LogP contribution in [0.5, 0.6) is 0 Å². The topological polar surface area (TPSA) is 21.8 Å². The van der Waals surface area contributed by atoms with Crippen molar-refractivity contribution in [3.63, 3.8) is 0 Å². The van der Waals surface area contributed by atoms with Crippen LogP contribution >= 0.6 is 12.1 Å². The van der Waals surface area contributed by atoms with Gasteiger partial charge in [-0.25, -0.2) is 8.78 Å². The number of piperazine rings is 1. The zero-order valence-electron chi connectivity index (χ0n) is 15.5. The van der Waals surface area contributed by atoms with Gasteiger partial charge in [0.05, 0.1) is 23.5 Å². The molecule has 2 unspecified atom stereocenters. The molecule has 2 heterocycles. The zero-order valence-corrected chi connectivity index (χ0v) is 16.3. The summed E-state index contributed by atoms with van der Waals surface area (Å²) in [6.07, 6.45) is 0. The van der Waals surface area contributed by atoms with E-state index >= 15 is 0 Å². The Morgan fingerprint density at radius 3 is 2.33 bits per heavy atom. The summed E-state index contributed by atoms with van der Waals surface area (Å²) in [5.74, 6) is -0.694. The lowest BCUT2D eigenvalue weighted by molar-refractivity contribution is 0.178. The highest BCUT2D eigenvalue weighted by atomic mass is 32.2. The van der Waals surface area contributed by atoms with Crippen molar-refractivity contribution in [3.8, 4) is 0 Å². The van der Waals surface area contributed by atoms with E-state index in [0.29, 0.717) is 23.5 Å². The molecule has 0 aromatic heterocycles. The summed E-state index contributed by atoms with van der Waals surface area (Å²) >= 11 is 1.36. The molecule has 4 nitrogen and oxygen atoms in total. The lowest BCUT2D eigenvalue weighted by atomic mass is 10.1. The summed E-state index contributed by atoms with van der Waals surface area (Å²) in [5, 5.41) is 3.54. The highest BCUT2D eigenvalue weighted by Gasteiger charge is 2.33. The average molecular weight is 391 g/mol. The molecule has 0 radical (unpaired) electrons. The summed E-state index contributed by atoms with van der Waals surface area (Å²) in [6.45, 7) is 8.00. The number of anilines is 3. The predicted molar refractivity (Wildman–Crippen MR) is 108 cm³/mol. The van der Waals surface area contributed by atoms with Gasteiger partial charge in [0.15, 0.2) is 0 Å². The highest BCUT2D eigenvalue weighted by molar-refractivity contribution is 8.02. The minimum atomic E-state index is -0.356. The molecule has 1 N–H and O–H groups in total. The number of para-hydroxylation sites is 2. The lowest BCUT2D eigenvalue weighted by Gasteiger charge is -2.36. The molecule has 2 aliphatic heterocycles. The van der Waals surface area contributed by atoms with E-state index in [0.717, 1.165) is 31.9 Å². The molecule has 0 spiro atoms. The van der Waals surface area contributed by atoms with Gasteiger partial charge in [-0.2, -0.15) is 0 Å². The van der Waals surface area contributed by atoms with Crippen LogP contribution in [0.15, 0.2) is 42.5 Å². The monoisotopic (exact) mass is 390 g/mol. The molecule has 27 heavy (non-hydrogen) atoms. The summed E-state index contributed by atoms with van der Waals surface area (Å²) in [7, 11) is 0. The van der Waals surface area contributed by atoms with Crippen LogP contribution in [0, 0.1) is 11.6 Å². The Morgan fingerprint density at radius 1 is 0.926 bits per heavy atom. The molecular weight excluding hydrogens is 366 g/mol. The van der Waals surface area contributed by atoms with Crippen molar-refractivity contribution >= 4 is 29.2 Å². The van der Waals surface area contributed by atoms with E-state index < -0.39 is 0 Å². The fourth-order valence-corrected chi connectivity index (χ4v) is 4.98. The van der Waals surface area contributed by atoms with Crippen molar-refractivity contribution in [2.45, 2.75) is 25.9 Å². The van der Waals surface area contributed by atoms with Crippen molar-refractivity contribution in [2.75, 3.05) is 34.8 Å². The lowest BCUT2D eigenvalue weighted by Crippen LogP contribution is -2.55. The zero-order chi connectivity index (χ0) is 19.0. The SMILES string of the molecule is CC1CN(CCN2SN(c3ccccc3F)c3c(F)cccc32)CC(C)N1. The number of halogens is 2. The Bertz CT molecular complexity index is 808. The molecule has 7 heteroatoms. The fraction of sp³-hybridized carbons (Fsp3) is 0.400. The predicted octanol–water partition coefficient (Wildman–Crippen LogP) is 4.17. The quantitative estimate of drug-likeness (QED) is 0.789. The van der Waals surface area contributed by atoms with E-state index in [-0.39, 0.29) is 11.6 Å². The Hall–Kier alpha value is -1.83. The van der Waals surface area contributed by atoms with Gasteiger partial charge in [0.1, 0.15) is 17.3 Å². The Labute approximate surface area is 163 Å². The molecule has 1 fully saturated rings. The Kier molecular flexibility index (Phi) is 5.25. The van der Waals surface area contributed by atoms with Gasteiger partial charge in [0.25, 0.3) is 0 Å². The third-order valence-electron chi connectivity index (χ3n) is 4.94. The van der Waals surface area contributed by atoms with Crippen LogP contribution in [-0.2, 0) is 0 Å². The molecule has 0 bridgehead atoms.